The first-order chi connectivity index (χ1) is 12.7. The van der Waals surface area contributed by atoms with Crippen LogP contribution in [0.3, 0.4) is 0 Å². The van der Waals surface area contributed by atoms with E-state index < -0.39 is 28.1 Å². The number of rotatable bonds is 13. The van der Waals surface area contributed by atoms with Crippen LogP contribution in [-0.4, -0.2) is 87.0 Å². The highest BCUT2D eigenvalue weighted by Gasteiger charge is 2.41. The van der Waals surface area contributed by atoms with Crippen LogP contribution in [-0.2, 0) is 0 Å². The summed E-state index contributed by atoms with van der Waals surface area (Å²) in [5.41, 5.74) is 3.02. The van der Waals surface area contributed by atoms with Crippen LogP contribution in [0.15, 0.2) is 0 Å². The van der Waals surface area contributed by atoms with Gasteiger partial charge in [-0.2, -0.15) is 0 Å². The van der Waals surface area contributed by atoms with Crippen molar-refractivity contribution in [3.05, 3.63) is 10.1 Å². The maximum absolute atomic E-state index is 10.8. The second-order valence-corrected chi connectivity index (χ2v) is 8.66. The highest BCUT2D eigenvalue weighted by molar-refractivity contribution is 4.88. The maximum atomic E-state index is 10.8. The van der Waals surface area contributed by atoms with Gasteiger partial charge < -0.3 is 36.8 Å². The lowest BCUT2D eigenvalue weighted by Crippen LogP contribution is -2.56. The molecule has 0 saturated carbocycles. The topological polar surface area (TPSA) is 174 Å². The van der Waals surface area contributed by atoms with Crippen LogP contribution >= 0.6 is 0 Å². The van der Waals surface area contributed by atoms with Crippen molar-refractivity contribution < 1.29 is 25.3 Å². The molecule has 0 radical (unpaired) electrons. The third kappa shape index (κ3) is 10.6. The van der Waals surface area contributed by atoms with Crippen molar-refractivity contribution in [2.75, 3.05) is 39.5 Å². The Labute approximate surface area is 168 Å². The minimum atomic E-state index is -1.35. The molecule has 10 heteroatoms. The molecule has 2 atom stereocenters. The number of nitrogens with zero attached hydrogens (tertiary/aromatic N) is 1. The van der Waals surface area contributed by atoms with Crippen molar-refractivity contribution in [1.29, 1.82) is 0 Å². The number of hydrogen-bond acceptors (Lipinski definition) is 9. The molecule has 0 bridgehead atoms. The Morgan fingerprint density at radius 2 is 1.25 bits per heavy atom. The van der Waals surface area contributed by atoms with Gasteiger partial charge in [-0.25, -0.2) is 0 Å². The van der Waals surface area contributed by atoms with Gasteiger partial charge in [0, 0.05) is 29.0 Å². The summed E-state index contributed by atoms with van der Waals surface area (Å²) in [7, 11) is 0. The van der Waals surface area contributed by atoms with Gasteiger partial charge in [-0.3, -0.25) is 10.1 Å². The SMILES string of the molecule is CCC(CO)(CNC(C)(C)CO)[N+](=O)[O-].CCC(N)(CO)CNC(C)(C)CO. The molecule has 0 aliphatic heterocycles. The van der Waals surface area contributed by atoms with Crippen molar-refractivity contribution in [3.8, 4) is 0 Å². The van der Waals surface area contributed by atoms with Gasteiger partial charge in [0.15, 0.2) is 0 Å². The second kappa shape index (κ2) is 12.6. The van der Waals surface area contributed by atoms with E-state index in [0.29, 0.717) is 13.0 Å². The van der Waals surface area contributed by atoms with Gasteiger partial charge in [0.2, 0.25) is 0 Å². The normalized spacial score (nSPS) is 16.5. The molecule has 170 valence electrons. The molecule has 0 rings (SSSR count). The number of nitrogens with two attached hydrogens (primary N) is 1. The minimum absolute atomic E-state index is 0.0422. The van der Waals surface area contributed by atoms with Gasteiger partial charge in [-0.05, 0) is 34.1 Å². The summed E-state index contributed by atoms with van der Waals surface area (Å²) < 4.78 is 0. The third-order valence-electron chi connectivity index (χ3n) is 4.96. The average molecular weight is 411 g/mol. The van der Waals surface area contributed by atoms with Crippen LogP contribution < -0.4 is 16.4 Å². The fourth-order valence-corrected chi connectivity index (χ4v) is 1.77. The first-order valence-corrected chi connectivity index (χ1v) is 9.59. The monoisotopic (exact) mass is 410 g/mol. The van der Waals surface area contributed by atoms with Gasteiger partial charge in [0.05, 0.1) is 31.9 Å². The molecule has 0 aromatic carbocycles. The van der Waals surface area contributed by atoms with Crippen LogP contribution in [0.1, 0.15) is 54.4 Å². The largest absolute Gasteiger partial charge is 0.394 e. The van der Waals surface area contributed by atoms with Gasteiger partial charge in [0.25, 0.3) is 5.54 Å². The predicted molar refractivity (Wildman–Crippen MR) is 110 cm³/mol. The summed E-state index contributed by atoms with van der Waals surface area (Å²) in [5, 5.41) is 52.9. The minimum Gasteiger partial charge on any atom is -0.394 e. The Kier molecular flexibility index (Phi) is 13.2. The molecule has 2 unspecified atom stereocenters. The smallest absolute Gasteiger partial charge is 0.256 e. The Balaban J connectivity index is 0. The highest BCUT2D eigenvalue weighted by Crippen LogP contribution is 2.14. The highest BCUT2D eigenvalue weighted by atomic mass is 16.6. The molecule has 0 aromatic rings. The van der Waals surface area contributed by atoms with Crippen LogP contribution in [0.4, 0.5) is 0 Å². The van der Waals surface area contributed by atoms with E-state index in [1.165, 1.54) is 0 Å². The van der Waals surface area contributed by atoms with Crippen LogP contribution in [0.5, 0.6) is 0 Å². The number of nitrogens with one attached hydrogen (secondary N) is 2. The first-order valence-electron chi connectivity index (χ1n) is 9.59. The zero-order chi connectivity index (χ0) is 22.6. The second-order valence-electron chi connectivity index (χ2n) is 8.66. The Bertz CT molecular complexity index is 438. The molecule has 0 aliphatic rings. The Morgan fingerprint density at radius 3 is 1.50 bits per heavy atom. The summed E-state index contributed by atoms with van der Waals surface area (Å²) in [6.07, 6.45) is 0.947. The quantitative estimate of drug-likeness (QED) is 0.152. The van der Waals surface area contributed by atoms with E-state index in [-0.39, 0.29) is 38.3 Å². The molecule has 0 aliphatic carbocycles. The van der Waals surface area contributed by atoms with Crippen LogP contribution in [0, 0.1) is 10.1 Å². The molecule has 0 fully saturated rings. The molecular weight excluding hydrogens is 368 g/mol. The van der Waals surface area contributed by atoms with Gasteiger partial charge in [0.1, 0.15) is 6.61 Å². The number of aliphatic hydroxyl groups is 4. The summed E-state index contributed by atoms with van der Waals surface area (Å²) >= 11 is 0. The molecule has 0 amide bonds. The summed E-state index contributed by atoms with van der Waals surface area (Å²) in [5.74, 6) is 0. The molecule has 0 heterocycles. The first kappa shape index (κ1) is 29.3. The zero-order valence-electron chi connectivity index (χ0n) is 18.3. The van der Waals surface area contributed by atoms with Crippen molar-refractivity contribution in [3.63, 3.8) is 0 Å². The van der Waals surface area contributed by atoms with E-state index in [9.17, 15) is 10.1 Å². The summed E-state index contributed by atoms with van der Waals surface area (Å²) in [6, 6.07) is 0. The molecule has 0 spiro atoms. The van der Waals surface area contributed by atoms with E-state index in [1.54, 1.807) is 20.8 Å². The van der Waals surface area contributed by atoms with Crippen LogP contribution in [0.2, 0.25) is 0 Å². The van der Waals surface area contributed by atoms with Crippen molar-refractivity contribution >= 4 is 0 Å². The van der Waals surface area contributed by atoms with Gasteiger partial charge in [-0.1, -0.05) is 13.8 Å². The van der Waals surface area contributed by atoms with E-state index in [0.717, 1.165) is 0 Å². The molecule has 28 heavy (non-hydrogen) atoms. The van der Waals surface area contributed by atoms with E-state index in [4.69, 9.17) is 26.2 Å². The van der Waals surface area contributed by atoms with Gasteiger partial charge >= 0.3 is 0 Å². The van der Waals surface area contributed by atoms with Crippen molar-refractivity contribution in [1.82, 2.24) is 10.6 Å². The van der Waals surface area contributed by atoms with Gasteiger partial charge in [-0.15, -0.1) is 0 Å². The fraction of sp³-hybridized carbons (Fsp3) is 1.00. The number of aliphatic hydroxyl groups excluding tert-OH is 4. The lowest BCUT2D eigenvalue weighted by atomic mass is 9.96. The molecule has 10 nitrogen and oxygen atoms in total. The van der Waals surface area contributed by atoms with Crippen molar-refractivity contribution in [2.24, 2.45) is 5.73 Å². The van der Waals surface area contributed by atoms with E-state index >= 15 is 0 Å². The van der Waals surface area contributed by atoms with E-state index in [1.807, 2.05) is 20.8 Å². The maximum Gasteiger partial charge on any atom is 0.256 e. The lowest BCUT2D eigenvalue weighted by Gasteiger charge is -2.32. The average Bonchev–Trinajstić information content (AvgIpc) is 2.67. The third-order valence-corrected chi connectivity index (χ3v) is 4.96. The Morgan fingerprint density at radius 1 is 0.821 bits per heavy atom. The summed E-state index contributed by atoms with van der Waals surface area (Å²) in [6.45, 7) is 10.8. The fourth-order valence-electron chi connectivity index (χ4n) is 1.77. The zero-order valence-corrected chi connectivity index (χ0v) is 18.3. The summed E-state index contributed by atoms with van der Waals surface area (Å²) in [4.78, 5) is 10.4. The standard InChI is InChI=1S/C9H20N2O4.C9H22N2O2/c1-4-9(7-13,11(14)15)5-10-8(2,3)6-12;1-4-9(10,7-13)5-11-8(2,3)6-12/h10,12-13H,4-7H2,1-3H3;11-13H,4-7,10H2,1-3H3. The molecule has 0 aromatic heterocycles. The molecule has 8 N–H and O–H groups in total. The van der Waals surface area contributed by atoms with Crippen molar-refractivity contribution in [2.45, 2.75) is 76.5 Å². The lowest BCUT2D eigenvalue weighted by molar-refractivity contribution is -0.572. The number of hydrogen-bond donors (Lipinski definition) is 7. The van der Waals surface area contributed by atoms with Crippen LogP contribution in [0.25, 0.3) is 0 Å². The Hall–Kier alpha value is -0.880. The molecule has 0 saturated heterocycles. The predicted octanol–water partition coefficient (Wildman–Crippen LogP) is -0.789. The molecular formula is C18H42N4O6. The van der Waals surface area contributed by atoms with E-state index in [2.05, 4.69) is 10.6 Å². The number of nitro groups is 1.